The Morgan fingerprint density at radius 1 is 0.720 bits per heavy atom. The third kappa shape index (κ3) is 17.6. The predicted molar refractivity (Wildman–Crippen MR) is 102 cm³/mol. The zero-order valence-corrected chi connectivity index (χ0v) is 16.8. The molecule has 148 valence electrons. The van der Waals surface area contributed by atoms with E-state index in [9.17, 15) is 9.59 Å². The van der Waals surface area contributed by atoms with Crippen LogP contribution in [0.4, 0.5) is 0 Å². The average molecular weight is 357 g/mol. The molecule has 0 fully saturated rings. The second kappa shape index (κ2) is 17.8. The summed E-state index contributed by atoms with van der Waals surface area (Å²) in [7, 11) is 0. The normalized spacial score (nSPS) is 12.0. The summed E-state index contributed by atoms with van der Waals surface area (Å²) in [6.07, 6.45) is 14.0. The maximum atomic E-state index is 11.6. The Morgan fingerprint density at radius 3 is 1.88 bits per heavy atom. The summed E-state index contributed by atoms with van der Waals surface area (Å²) in [6, 6.07) is 0. The van der Waals surface area contributed by atoms with Gasteiger partial charge in [-0.25, -0.2) is 0 Å². The van der Waals surface area contributed by atoms with Crippen LogP contribution in [0.1, 0.15) is 111 Å². The Kier molecular flexibility index (Phi) is 17.0. The minimum Gasteiger partial charge on any atom is -0.466 e. The van der Waals surface area contributed by atoms with E-state index in [1.807, 2.05) is 6.92 Å². The van der Waals surface area contributed by atoms with E-state index >= 15 is 0 Å². The van der Waals surface area contributed by atoms with Crippen molar-refractivity contribution in [1.82, 2.24) is 0 Å². The summed E-state index contributed by atoms with van der Waals surface area (Å²) in [5.74, 6) is -0.302. The number of carbonyl (C=O) groups excluding carboxylic acids is 2. The van der Waals surface area contributed by atoms with Gasteiger partial charge >= 0.3 is 11.9 Å². The molecule has 1 atom stereocenters. The van der Waals surface area contributed by atoms with Gasteiger partial charge in [0.1, 0.15) is 0 Å². The van der Waals surface area contributed by atoms with E-state index in [1.165, 1.54) is 38.5 Å². The van der Waals surface area contributed by atoms with E-state index in [0.717, 1.165) is 25.7 Å². The largest absolute Gasteiger partial charge is 0.466 e. The van der Waals surface area contributed by atoms with Gasteiger partial charge in [0.15, 0.2) is 0 Å². The van der Waals surface area contributed by atoms with Gasteiger partial charge in [0, 0.05) is 12.8 Å². The first-order valence-electron chi connectivity index (χ1n) is 10.4. The molecule has 0 aliphatic heterocycles. The van der Waals surface area contributed by atoms with Gasteiger partial charge in [0.05, 0.1) is 12.7 Å². The zero-order valence-electron chi connectivity index (χ0n) is 16.8. The lowest BCUT2D eigenvalue weighted by Gasteiger charge is -2.11. The highest BCUT2D eigenvalue weighted by molar-refractivity contribution is 5.70. The molecule has 0 spiro atoms. The average Bonchev–Trinajstić information content (AvgIpc) is 2.57. The van der Waals surface area contributed by atoms with Crippen LogP contribution in [-0.4, -0.2) is 24.6 Å². The third-order valence-corrected chi connectivity index (χ3v) is 4.30. The summed E-state index contributed by atoms with van der Waals surface area (Å²) < 4.78 is 10.5. The molecule has 0 saturated carbocycles. The molecule has 0 heterocycles. The second-order valence-electron chi connectivity index (χ2n) is 6.99. The minimum absolute atomic E-state index is 0.00545. The second-order valence-corrected chi connectivity index (χ2v) is 6.99. The monoisotopic (exact) mass is 356 g/mol. The summed E-state index contributed by atoms with van der Waals surface area (Å²) in [4.78, 5) is 23.2. The maximum Gasteiger partial charge on any atom is 0.306 e. The zero-order chi connectivity index (χ0) is 18.8. The van der Waals surface area contributed by atoms with Crippen LogP contribution in [0.3, 0.4) is 0 Å². The number of carbonyl (C=O) groups is 2. The molecule has 0 aromatic rings. The van der Waals surface area contributed by atoms with E-state index in [0.29, 0.717) is 32.3 Å². The minimum atomic E-state index is -0.159. The van der Waals surface area contributed by atoms with Crippen molar-refractivity contribution in [2.75, 3.05) is 6.61 Å². The lowest BCUT2D eigenvalue weighted by Crippen LogP contribution is -2.14. The molecular weight excluding hydrogens is 316 g/mol. The number of hydrogen-bond donors (Lipinski definition) is 0. The summed E-state index contributed by atoms with van der Waals surface area (Å²) >= 11 is 0. The molecule has 25 heavy (non-hydrogen) atoms. The lowest BCUT2D eigenvalue weighted by molar-refractivity contribution is -0.149. The third-order valence-electron chi connectivity index (χ3n) is 4.30. The van der Waals surface area contributed by atoms with E-state index < -0.39 is 0 Å². The van der Waals surface area contributed by atoms with Crippen LogP contribution in [0.15, 0.2) is 0 Å². The topological polar surface area (TPSA) is 52.6 Å². The summed E-state index contributed by atoms with van der Waals surface area (Å²) in [5, 5.41) is 0. The van der Waals surface area contributed by atoms with Crippen LogP contribution in [0, 0.1) is 0 Å². The molecule has 0 aromatic heterocycles. The van der Waals surface area contributed by atoms with Crippen LogP contribution in [0.2, 0.25) is 0 Å². The molecule has 0 aliphatic rings. The van der Waals surface area contributed by atoms with Gasteiger partial charge in [0.2, 0.25) is 0 Å². The van der Waals surface area contributed by atoms with Gasteiger partial charge in [-0.05, 0) is 32.6 Å². The lowest BCUT2D eigenvalue weighted by atomic mass is 10.1. The number of hydrogen-bond acceptors (Lipinski definition) is 4. The Labute approximate surface area is 155 Å². The van der Waals surface area contributed by atoms with Crippen LogP contribution in [0.5, 0.6) is 0 Å². The molecule has 0 bridgehead atoms. The fourth-order valence-electron chi connectivity index (χ4n) is 2.78. The predicted octanol–water partition coefficient (Wildman–Crippen LogP) is 5.96. The van der Waals surface area contributed by atoms with Crippen LogP contribution in [-0.2, 0) is 19.1 Å². The van der Waals surface area contributed by atoms with E-state index in [-0.39, 0.29) is 18.0 Å². The molecule has 0 radical (unpaired) electrons. The van der Waals surface area contributed by atoms with Crippen molar-refractivity contribution in [3.63, 3.8) is 0 Å². The molecular formula is C21H40O4. The van der Waals surface area contributed by atoms with Crippen molar-refractivity contribution < 1.29 is 19.1 Å². The van der Waals surface area contributed by atoms with Gasteiger partial charge in [0.25, 0.3) is 0 Å². The molecule has 0 aromatic carbocycles. The first kappa shape index (κ1) is 23.9. The van der Waals surface area contributed by atoms with Gasteiger partial charge in [-0.15, -0.1) is 0 Å². The van der Waals surface area contributed by atoms with Gasteiger partial charge in [-0.3, -0.25) is 9.59 Å². The van der Waals surface area contributed by atoms with Crippen LogP contribution in [0.25, 0.3) is 0 Å². The highest BCUT2D eigenvalue weighted by atomic mass is 16.5. The van der Waals surface area contributed by atoms with Crippen molar-refractivity contribution >= 4 is 11.9 Å². The van der Waals surface area contributed by atoms with Crippen molar-refractivity contribution in [3.05, 3.63) is 0 Å². The molecule has 1 unspecified atom stereocenters. The van der Waals surface area contributed by atoms with Crippen molar-refractivity contribution in [3.8, 4) is 0 Å². The molecule has 0 amide bonds. The maximum absolute atomic E-state index is 11.6. The van der Waals surface area contributed by atoms with Crippen molar-refractivity contribution in [1.29, 1.82) is 0 Å². The van der Waals surface area contributed by atoms with Crippen molar-refractivity contribution in [2.45, 2.75) is 117 Å². The van der Waals surface area contributed by atoms with Gasteiger partial charge in [-0.2, -0.15) is 0 Å². The number of unbranched alkanes of at least 4 members (excludes halogenated alkanes) is 8. The molecule has 0 aliphatic carbocycles. The molecule has 0 N–H and O–H groups in total. The molecule has 0 saturated heterocycles. The summed E-state index contributed by atoms with van der Waals surface area (Å²) in [6.45, 7) is 6.76. The standard InChI is InChI=1S/C21H40O4/c1-4-6-7-8-9-10-11-14-18-24-20(22)16-12-13-17-21(23)25-19(3)15-5-2/h19H,4-18H2,1-3H3. The highest BCUT2D eigenvalue weighted by Gasteiger charge is 2.09. The summed E-state index contributed by atoms with van der Waals surface area (Å²) in [5.41, 5.74) is 0. The van der Waals surface area contributed by atoms with Crippen LogP contribution >= 0.6 is 0 Å². The quantitative estimate of drug-likeness (QED) is 0.238. The molecule has 0 rings (SSSR count). The Bertz CT molecular complexity index is 328. The Morgan fingerprint density at radius 2 is 1.28 bits per heavy atom. The van der Waals surface area contributed by atoms with E-state index in [2.05, 4.69) is 13.8 Å². The fourth-order valence-corrected chi connectivity index (χ4v) is 2.78. The SMILES string of the molecule is CCCCCCCCCCOC(=O)CCCCC(=O)OC(C)CCC. The van der Waals surface area contributed by atoms with E-state index in [1.54, 1.807) is 0 Å². The van der Waals surface area contributed by atoms with Gasteiger partial charge in [-0.1, -0.05) is 65.2 Å². The van der Waals surface area contributed by atoms with E-state index in [4.69, 9.17) is 9.47 Å². The first-order valence-corrected chi connectivity index (χ1v) is 10.4. The first-order chi connectivity index (χ1) is 12.1. The molecule has 4 nitrogen and oxygen atoms in total. The van der Waals surface area contributed by atoms with Crippen LogP contribution < -0.4 is 0 Å². The highest BCUT2D eigenvalue weighted by Crippen LogP contribution is 2.09. The molecule has 4 heteroatoms. The van der Waals surface area contributed by atoms with Gasteiger partial charge < -0.3 is 9.47 Å². The number of esters is 2. The van der Waals surface area contributed by atoms with Crippen molar-refractivity contribution in [2.24, 2.45) is 0 Å². The Balaban J connectivity index is 3.37. The smallest absolute Gasteiger partial charge is 0.306 e. The fraction of sp³-hybridized carbons (Fsp3) is 0.905. The number of ether oxygens (including phenoxy) is 2. The number of rotatable bonds is 17. The Hall–Kier alpha value is -1.06.